The molecule has 1 saturated heterocycles. The van der Waals surface area contributed by atoms with E-state index in [0.29, 0.717) is 29.6 Å². The highest BCUT2D eigenvalue weighted by Gasteiger charge is 2.31. The largest absolute Gasteiger partial charge is 0.480 e. The molecule has 0 aromatic carbocycles. The molecule has 1 amide bonds. The molecule has 3 aromatic heterocycles. The summed E-state index contributed by atoms with van der Waals surface area (Å²) >= 11 is 0. The summed E-state index contributed by atoms with van der Waals surface area (Å²) in [6.45, 7) is 5.54. The lowest BCUT2D eigenvalue weighted by molar-refractivity contribution is -0.135. The fourth-order valence-electron chi connectivity index (χ4n) is 5.02. The first-order chi connectivity index (χ1) is 14.7. The van der Waals surface area contributed by atoms with Gasteiger partial charge in [0.2, 0.25) is 5.91 Å². The van der Waals surface area contributed by atoms with Gasteiger partial charge in [-0.05, 0) is 25.3 Å². The predicted octanol–water partition coefficient (Wildman–Crippen LogP) is 2.33. The van der Waals surface area contributed by atoms with Crippen molar-refractivity contribution in [3.8, 4) is 5.95 Å². The Balaban J connectivity index is 1.13. The zero-order valence-electron chi connectivity index (χ0n) is 17.0. The van der Waals surface area contributed by atoms with Gasteiger partial charge in [-0.15, -0.1) is 0 Å². The second-order valence-corrected chi connectivity index (χ2v) is 8.77. The summed E-state index contributed by atoms with van der Waals surface area (Å²) in [5.41, 5.74) is 3.22. The highest BCUT2D eigenvalue weighted by atomic mass is 16.5. The Bertz CT molecular complexity index is 1110. The topological polar surface area (TPSA) is 86.2 Å². The minimum atomic E-state index is -0.140. The molecule has 0 unspecified atom stereocenters. The van der Waals surface area contributed by atoms with Gasteiger partial charge in [0.15, 0.2) is 5.58 Å². The Labute approximate surface area is 174 Å². The first kappa shape index (κ1) is 18.2. The lowest BCUT2D eigenvalue weighted by Crippen LogP contribution is -2.55. The monoisotopic (exact) mass is 410 g/mol. The number of carbonyl (C=O) groups excluding carboxylic acids is 1. The molecule has 1 N–H and O–H groups in total. The van der Waals surface area contributed by atoms with Crippen LogP contribution in [0, 0.1) is 0 Å². The van der Waals surface area contributed by atoms with E-state index in [9.17, 15) is 9.90 Å². The second-order valence-electron chi connectivity index (χ2n) is 8.77. The Hall–Kier alpha value is -2.58. The first-order valence-electron chi connectivity index (χ1n) is 10.9. The zero-order chi connectivity index (χ0) is 20.2. The van der Waals surface area contributed by atoms with Crippen molar-refractivity contribution in [1.29, 1.82) is 0 Å². The fraction of sp³-hybridized carbons (Fsp3) is 0.545. The number of fused-ring (bicyclic) bond motifs is 4. The van der Waals surface area contributed by atoms with Crippen LogP contribution in [0.5, 0.6) is 5.95 Å². The van der Waals surface area contributed by atoms with E-state index in [1.165, 1.54) is 25.5 Å². The molecule has 6 rings (SSSR count). The van der Waals surface area contributed by atoms with Crippen molar-refractivity contribution in [3.63, 3.8) is 0 Å². The van der Waals surface area contributed by atoms with Crippen molar-refractivity contribution in [3.05, 3.63) is 23.7 Å². The Kier molecular flexibility index (Phi) is 4.24. The van der Waals surface area contributed by atoms with Gasteiger partial charge in [0.25, 0.3) is 5.95 Å². The van der Waals surface area contributed by atoms with Crippen molar-refractivity contribution >= 4 is 27.9 Å². The second kappa shape index (κ2) is 6.99. The van der Waals surface area contributed by atoms with Gasteiger partial charge in [0, 0.05) is 44.3 Å². The minimum absolute atomic E-state index is 0.140. The molecule has 2 fully saturated rings. The summed E-state index contributed by atoms with van der Waals surface area (Å²) in [6.07, 6.45) is 6.26. The van der Waals surface area contributed by atoms with Crippen molar-refractivity contribution in [2.45, 2.75) is 38.3 Å². The summed E-state index contributed by atoms with van der Waals surface area (Å²) in [7, 11) is 0. The molecule has 0 bridgehead atoms. The van der Waals surface area contributed by atoms with Gasteiger partial charge in [-0.1, -0.05) is 6.42 Å². The van der Waals surface area contributed by atoms with Gasteiger partial charge in [-0.2, -0.15) is 0 Å². The van der Waals surface area contributed by atoms with Crippen LogP contribution in [0.2, 0.25) is 0 Å². The van der Waals surface area contributed by atoms with Crippen LogP contribution in [0.25, 0.3) is 22.0 Å². The number of pyridine rings is 1. The molecule has 0 atom stereocenters. The number of amides is 1. The van der Waals surface area contributed by atoms with E-state index < -0.39 is 0 Å². The van der Waals surface area contributed by atoms with Gasteiger partial charge < -0.3 is 18.8 Å². The van der Waals surface area contributed by atoms with Gasteiger partial charge in [-0.25, -0.2) is 4.98 Å². The quantitative estimate of drug-likeness (QED) is 0.709. The molecule has 0 radical (unpaired) electrons. The molecule has 158 valence electrons. The molecule has 8 heteroatoms. The number of furan rings is 2. The fourth-order valence-corrected chi connectivity index (χ4v) is 5.02. The highest BCUT2D eigenvalue weighted by Crippen LogP contribution is 2.34. The number of nitrogens with zero attached hydrogens (tertiary/aromatic N) is 4. The van der Waals surface area contributed by atoms with Crippen LogP contribution in [-0.4, -0.2) is 76.0 Å². The average Bonchev–Trinajstić information content (AvgIpc) is 3.25. The van der Waals surface area contributed by atoms with Gasteiger partial charge in [0.1, 0.15) is 23.1 Å². The molecular formula is C22H26N4O4. The molecule has 1 saturated carbocycles. The lowest BCUT2D eigenvalue weighted by atomic mass is 9.91. The summed E-state index contributed by atoms with van der Waals surface area (Å²) < 4.78 is 11.1. The van der Waals surface area contributed by atoms with Gasteiger partial charge >= 0.3 is 0 Å². The average molecular weight is 410 g/mol. The normalized spacial score (nSPS) is 21.3. The molecule has 0 spiro atoms. The maximum Gasteiger partial charge on any atom is 0.291 e. The van der Waals surface area contributed by atoms with E-state index in [-0.39, 0.29) is 11.9 Å². The van der Waals surface area contributed by atoms with E-state index in [1.807, 2.05) is 4.90 Å². The third kappa shape index (κ3) is 2.97. The van der Waals surface area contributed by atoms with E-state index in [0.717, 1.165) is 62.0 Å². The number of rotatable bonds is 3. The van der Waals surface area contributed by atoms with Gasteiger partial charge in [0.05, 0.1) is 18.5 Å². The SMILES string of the molecule is O=C(CN1CCc2c(oc3cc4c(O)occ4nc23)C1)N1CCN(C2CCC2)CC1. The summed E-state index contributed by atoms with van der Waals surface area (Å²) in [5.74, 6) is 0.944. The minimum Gasteiger partial charge on any atom is -0.480 e. The number of hydrogen-bond acceptors (Lipinski definition) is 7. The predicted molar refractivity (Wildman–Crippen MR) is 110 cm³/mol. The van der Waals surface area contributed by atoms with Gasteiger partial charge in [-0.3, -0.25) is 14.6 Å². The van der Waals surface area contributed by atoms with Crippen molar-refractivity contribution < 1.29 is 18.7 Å². The number of aromatic nitrogens is 1. The summed E-state index contributed by atoms with van der Waals surface area (Å²) in [4.78, 5) is 24.2. The Morgan fingerprint density at radius 3 is 2.80 bits per heavy atom. The molecular weight excluding hydrogens is 384 g/mol. The van der Waals surface area contributed by atoms with Crippen LogP contribution in [0.15, 0.2) is 21.2 Å². The Morgan fingerprint density at radius 1 is 1.20 bits per heavy atom. The number of hydrogen-bond donors (Lipinski definition) is 1. The van der Waals surface area contributed by atoms with Crippen molar-refractivity contribution in [2.75, 3.05) is 39.3 Å². The standard InChI is InChI=1S/C22H26N4O4/c27-20(26-8-6-25(7-9-26)14-2-1-3-14)12-24-5-4-15-19(11-24)30-18-10-16-17(23-21(15)18)13-29-22(16)28/h10,13-14,28H,1-9,11-12H2. The molecule has 3 aromatic rings. The summed E-state index contributed by atoms with van der Waals surface area (Å²) in [5, 5.41) is 10.4. The number of aromatic hydroxyl groups is 1. The molecule has 8 nitrogen and oxygen atoms in total. The van der Waals surface area contributed by atoms with Crippen LogP contribution in [0.3, 0.4) is 0 Å². The molecule has 3 aliphatic rings. The lowest BCUT2D eigenvalue weighted by Gasteiger charge is -2.43. The first-order valence-corrected chi connectivity index (χ1v) is 10.9. The third-order valence-corrected chi connectivity index (χ3v) is 7.05. The highest BCUT2D eigenvalue weighted by molar-refractivity contribution is 5.94. The molecule has 2 aliphatic heterocycles. The number of piperazine rings is 1. The third-order valence-electron chi connectivity index (χ3n) is 7.05. The van der Waals surface area contributed by atoms with Crippen molar-refractivity contribution in [1.82, 2.24) is 19.7 Å². The van der Waals surface area contributed by atoms with E-state index in [4.69, 9.17) is 8.83 Å². The van der Waals surface area contributed by atoms with Crippen LogP contribution in [0.4, 0.5) is 0 Å². The smallest absolute Gasteiger partial charge is 0.291 e. The Morgan fingerprint density at radius 2 is 2.03 bits per heavy atom. The van der Waals surface area contributed by atoms with E-state index in [1.54, 1.807) is 6.07 Å². The van der Waals surface area contributed by atoms with Crippen LogP contribution in [-0.2, 0) is 17.8 Å². The summed E-state index contributed by atoms with van der Waals surface area (Å²) in [6, 6.07) is 2.54. The molecule has 1 aliphatic carbocycles. The van der Waals surface area contributed by atoms with Crippen molar-refractivity contribution in [2.24, 2.45) is 0 Å². The maximum absolute atomic E-state index is 12.9. The molecule has 5 heterocycles. The molecule has 30 heavy (non-hydrogen) atoms. The zero-order valence-corrected chi connectivity index (χ0v) is 17.0. The maximum atomic E-state index is 12.9. The number of carbonyl (C=O) groups is 1. The van der Waals surface area contributed by atoms with Crippen LogP contribution < -0.4 is 0 Å². The van der Waals surface area contributed by atoms with E-state index in [2.05, 4.69) is 14.8 Å². The van der Waals surface area contributed by atoms with Crippen LogP contribution >= 0.6 is 0 Å². The van der Waals surface area contributed by atoms with E-state index >= 15 is 0 Å². The van der Waals surface area contributed by atoms with Crippen LogP contribution in [0.1, 0.15) is 30.6 Å².